The number of hydrogen-bond acceptors (Lipinski definition) is 5. The van der Waals surface area contributed by atoms with E-state index in [0.717, 1.165) is 16.6 Å². The second-order valence-corrected chi connectivity index (χ2v) is 6.34. The van der Waals surface area contributed by atoms with Crippen molar-refractivity contribution >= 4 is 16.7 Å². The highest BCUT2D eigenvalue weighted by atomic mass is 16.3. The van der Waals surface area contributed by atoms with E-state index in [4.69, 9.17) is 4.42 Å². The van der Waals surface area contributed by atoms with Gasteiger partial charge < -0.3 is 9.73 Å². The quantitative estimate of drug-likeness (QED) is 0.559. The topological polar surface area (TPSA) is 90.0 Å². The summed E-state index contributed by atoms with van der Waals surface area (Å²) in [7, 11) is 0. The lowest BCUT2D eigenvalue weighted by Crippen LogP contribution is -2.34. The number of carbonyl (C=O) groups excluding carboxylic acids is 1. The van der Waals surface area contributed by atoms with Crippen molar-refractivity contribution in [2.75, 3.05) is 0 Å². The number of fused-ring (bicyclic) bond motifs is 1. The summed E-state index contributed by atoms with van der Waals surface area (Å²) in [5, 5.41) is 8.55. The van der Waals surface area contributed by atoms with Gasteiger partial charge >= 0.3 is 0 Å². The minimum atomic E-state index is -0.309. The summed E-state index contributed by atoms with van der Waals surface area (Å²) in [4.78, 5) is 29.1. The smallest absolute Gasteiger partial charge is 0.275 e. The molecule has 3 heterocycles. The minimum Gasteiger partial charge on any atom is -0.467 e. The molecule has 1 N–H and O–H groups in total. The maximum Gasteiger partial charge on any atom is 0.275 e. The number of nitrogens with zero attached hydrogens (tertiary/aromatic N) is 3. The Balaban J connectivity index is 1.63. The molecule has 0 saturated carbocycles. The third-order valence-corrected chi connectivity index (χ3v) is 4.40. The number of rotatable bonds is 6. The average Bonchev–Trinajstić information content (AvgIpc) is 3.24. The van der Waals surface area contributed by atoms with E-state index >= 15 is 0 Å². The van der Waals surface area contributed by atoms with Crippen molar-refractivity contribution in [1.29, 1.82) is 0 Å². The Morgan fingerprint density at radius 3 is 2.57 bits per heavy atom. The number of amides is 1. The van der Waals surface area contributed by atoms with Gasteiger partial charge in [-0.2, -0.15) is 5.10 Å². The predicted molar refractivity (Wildman–Crippen MR) is 104 cm³/mol. The molecule has 7 nitrogen and oxygen atoms in total. The predicted octanol–water partition coefficient (Wildman–Crippen LogP) is 2.29. The molecule has 0 aliphatic carbocycles. The van der Waals surface area contributed by atoms with Crippen LogP contribution in [-0.4, -0.2) is 20.7 Å². The van der Waals surface area contributed by atoms with Crippen molar-refractivity contribution in [1.82, 2.24) is 20.1 Å². The average molecular weight is 374 g/mol. The van der Waals surface area contributed by atoms with Crippen molar-refractivity contribution in [3.8, 4) is 0 Å². The third kappa shape index (κ3) is 3.83. The molecule has 0 aliphatic rings. The summed E-state index contributed by atoms with van der Waals surface area (Å²) in [6, 6.07) is 14.6. The minimum absolute atomic E-state index is 0.159. The van der Waals surface area contributed by atoms with Crippen LogP contribution in [0.25, 0.3) is 10.8 Å². The fraction of sp³-hybridized carbons (Fsp3) is 0.143. The first-order valence-electron chi connectivity index (χ1n) is 8.87. The van der Waals surface area contributed by atoms with Crippen LogP contribution in [0.15, 0.2) is 76.4 Å². The number of nitrogens with one attached hydrogen (secondary N) is 1. The molecular formula is C21H18N4O3. The molecule has 4 aromatic rings. The van der Waals surface area contributed by atoms with Gasteiger partial charge in [-0.1, -0.05) is 18.2 Å². The fourth-order valence-electron chi connectivity index (χ4n) is 3.03. The normalized spacial score (nSPS) is 10.9. The molecule has 0 aliphatic heterocycles. The van der Waals surface area contributed by atoms with Gasteiger partial charge in [0.25, 0.3) is 5.56 Å². The van der Waals surface area contributed by atoms with E-state index in [1.165, 1.54) is 4.68 Å². The zero-order chi connectivity index (χ0) is 19.3. The Morgan fingerprint density at radius 1 is 1.04 bits per heavy atom. The van der Waals surface area contributed by atoms with Gasteiger partial charge in [-0.15, -0.1) is 0 Å². The SMILES string of the molecule is O=C(Cn1nc(Cc2ccncc2)c2ccccc2c1=O)NCc1ccco1. The lowest BCUT2D eigenvalue weighted by molar-refractivity contribution is -0.122. The third-order valence-electron chi connectivity index (χ3n) is 4.40. The molecule has 4 rings (SSSR count). The zero-order valence-electron chi connectivity index (χ0n) is 15.0. The van der Waals surface area contributed by atoms with Crippen LogP contribution in [0.5, 0.6) is 0 Å². The van der Waals surface area contributed by atoms with Crippen molar-refractivity contribution in [3.63, 3.8) is 0 Å². The summed E-state index contributed by atoms with van der Waals surface area (Å²) in [6.45, 7) is 0.103. The lowest BCUT2D eigenvalue weighted by Gasteiger charge is -2.11. The summed E-state index contributed by atoms with van der Waals surface area (Å²) in [5.41, 5.74) is 1.47. The molecule has 140 valence electrons. The first-order valence-corrected chi connectivity index (χ1v) is 8.87. The molecule has 0 bridgehead atoms. The molecule has 0 fully saturated rings. The highest BCUT2D eigenvalue weighted by Gasteiger charge is 2.13. The largest absolute Gasteiger partial charge is 0.467 e. The van der Waals surface area contributed by atoms with Gasteiger partial charge in [0.15, 0.2) is 0 Å². The molecule has 0 saturated heterocycles. The fourth-order valence-corrected chi connectivity index (χ4v) is 3.03. The molecule has 1 amide bonds. The van der Waals surface area contributed by atoms with E-state index in [2.05, 4.69) is 15.4 Å². The zero-order valence-corrected chi connectivity index (χ0v) is 15.0. The van der Waals surface area contributed by atoms with Crippen molar-refractivity contribution < 1.29 is 9.21 Å². The highest BCUT2D eigenvalue weighted by Crippen LogP contribution is 2.16. The van der Waals surface area contributed by atoms with Crippen LogP contribution in [0.3, 0.4) is 0 Å². The molecule has 0 spiro atoms. The molecule has 0 atom stereocenters. The molecule has 1 aromatic carbocycles. The molecule has 0 radical (unpaired) electrons. The number of benzene rings is 1. The summed E-state index contributed by atoms with van der Waals surface area (Å²) in [6.07, 6.45) is 5.52. The van der Waals surface area contributed by atoms with Crippen LogP contribution in [0.2, 0.25) is 0 Å². The van der Waals surface area contributed by atoms with Crippen LogP contribution in [0.1, 0.15) is 17.0 Å². The van der Waals surface area contributed by atoms with Gasteiger partial charge in [0.05, 0.1) is 23.9 Å². The van der Waals surface area contributed by atoms with Crippen LogP contribution in [-0.2, 0) is 24.3 Å². The highest BCUT2D eigenvalue weighted by molar-refractivity contribution is 5.84. The summed E-state index contributed by atoms with van der Waals surface area (Å²) in [5.74, 6) is 0.335. The lowest BCUT2D eigenvalue weighted by atomic mass is 10.1. The number of pyridine rings is 1. The second-order valence-electron chi connectivity index (χ2n) is 6.34. The van der Waals surface area contributed by atoms with Crippen LogP contribution < -0.4 is 10.9 Å². The molecule has 7 heteroatoms. The first-order chi connectivity index (χ1) is 13.7. The van der Waals surface area contributed by atoms with Gasteiger partial charge in [0.2, 0.25) is 5.91 Å². The van der Waals surface area contributed by atoms with Crippen LogP contribution in [0, 0.1) is 0 Å². The number of furan rings is 1. The number of carbonyl (C=O) groups is 1. The molecule has 28 heavy (non-hydrogen) atoms. The van der Waals surface area contributed by atoms with E-state index in [0.29, 0.717) is 17.6 Å². The summed E-state index contributed by atoms with van der Waals surface area (Å²) < 4.78 is 6.42. The van der Waals surface area contributed by atoms with E-state index in [1.807, 2.05) is 24.3 Å². The van der Waals surface area contributed by atoms with E-state index < -0.39 is 0 Å². The van der Waals surface area contributed by atoms with Crippen LogP contribution >= 0.6 is 0 Å². The van der Waals surface area contributed by atoms with Crippen molar-refractivity contribution in [2.45, 2.75) is 19.5 Å². The van der Waals surface area contributed by atoms with Gasteiger partial charge in [-0.25, -0.2) is 4.68 Å². The molecule has 0 unspecified atom stereocenters. The van der Waals surface area contributed by atoms with Crippen LogP contribution in [0.4, 0.5) is 0 Å². The Kier molecular flexibility index (Phi) is 4.97. The van der Waals surface area contributed by atoms with Gasteiger partial charge in [-0.3, -0.25) is 14.6 Å². The Morgan fingerprint density at radius 2 is 1.82 bits per heavy atom. The number of aromatic nitrogens is 3. The van der Waals surface area contributed by atoms with Crippen molar-refractivity contribution in [3.05, 3.63) is 94.6 Å². The van der Waals surface area contributed by atoms with Gasteiger partial charge in [0.1, 0.15) is 12.3 Å². The number of hydrogen-bond donors (Lipinski definition) is 1. The van der Waals surface area contributed by atoms with E-state index in [9.17, 15) is 9.59 Å². The van der Waals surface area contributed by atoms with Gasteiger partial charge in [0, 0.05) is 24.2 Å². The first kappa shape index (κ1) is 17.7. The maximum absolute atomic E-state index is 12.8. The van der Waals surface area contributed by atoms with Crippen molar-refractivity contribution in [2.24, 2.45) is 0 Å². The molecule has 3 aromatic heterocycles. The van der Waals surface area contributed by atoms with E-state index in [1.54, 1.807) is 42.9 Å². The second kappa shape index (κ2) is 7.87. The Hall–Kier alpha value is -3.74. The van der Waals surface area contributed by atoms with Gasteiger partial charge in [-0.05, 0) is 35.9 Å². The Labute approximate surface area is 160 Å². The maximum atomic E-state index is 12.8. The molecular weight excluding hydrogens is 356 g/mol. The standard InChI is InChI=1S/C21H18N4O3/c26-20(23-13-16-4-3-11-28-16)14-25-21(27)18-6-2-1-5-17(18)19(24-25)12-15-7-9-22-10-8-15/h1-11H,12-14H2,(H,23,26). The summed E-state index contributed by atoms with van der Waals surface area (Å²) >= 11 is 0. The Bertz CT molecular complexity index is 1150. The van der Waals surface area contributed by atoms with E-state index in [-0.39, 0.29) is 24.6 Å². The monoisotopic (exact) mass is 374 g/mol.